The molecule has 2 heterocycles. The summed E-state index contributed by atoms with van der Waals surface area (Å²) >= 11 is 3.39. The number of pyridine rings is 1. The highest BCUT2D eigenvalue weighted by molar-refractivity contribution is 9.10. The normalized spacial score (nSPS) is 22.4. The number of nitrogens with zero attached hydrogens (tertiary/aromatic N) is 2. The second kappa shape index (κ2) is 7.33. The lowest BCUT2D eigenvalue weighted by atomic mass is 10.0. The summed E-state index contributed by atoms with van der Waals surface area (Å²) in [6.07, 6.45) is 4.68. The van der Waals surface area contributed by atoms with E-state index in [1.807, 2.05) is 6.07 Å². The van der Waals surface area contributed by atoms with Crippen molar-refractivity contribution in [2.75, 3.05) is 26.2 Å². The van der Waals surface area contributed by atoms with Gasteiger partial charge in [-0.1, -0.05) is 6.92 Å². The van der Waals surface area contributed by atoms with Gasteiger partial charge in [-0.2, -0.15) is 0 Å². The summed E-state index contributed by atoms with van der Waals surface area (Å²) in [6.45, 7) is 5.74. The molecule has 2 rings (SSSR count). The first-order valence-electron chi connectivity index (χ1n) is 6.80. The van der Waals surface area contributed by atoms with Crippen molar-refractivity contribution in [1.82, 2.24) is 9.88 Å². The van der Waals surface area contributed by atoms with Gasteiger partial charge in [-0.15, -0.1) is 0 Å². The van der Waals surface area contributed by atoms with Crippen LogP contribution in [0.5, 0.6) is 0 Å². The van der Waals surface area contributed by atoms with Crippen molar-refractivity contribution < 1.29 is 9.84 Å². The molecule has 4 nitrogen and oxygen atoms in total. The van der Waals surface area contributed by atoms with Gasteiger partial charge in [-0.3, -0.25) is 9.88 Å². The Hall–Kier alpha value is -0.490. The number of aliphatic hydroxyl groups is 1. The topological polar surface area (TPSA) is 45.6 Å². The Labute approximate surface area is 122 Å². The van der Waals surface area contributed by atoms with Crippen molar-refractivity contribution in [2.24, 2.45) is 0 Å². The lowest BCUT2D eigenvalue weighted by Gasteiger charge is -2.35. The lowest BCUT2D eigenvalue weighted by Crippen LogP contribution is -2.48. The van der Waals surface area contributed by atoms with Crippen molar-refractivity contribution in [2.45, 2.75) is 32.0 Å². The predicted molar refractivity (Wildman–Crippen MR) is 78.1 cm³/mol. The van der Waals surface area contributed by atoms with Gasteiger partial charge in [0.15, 0.2) is 0 Å². The molecule has 0 aromatic carbocycles. The predicted octanol–water partition coefficient (Wildman–Crippen LogP) is 1.86. The van der Waals surface area contributed by atoms with Crippen LogP contribution in [-0.2, 0) is 11.2 Å². The maximum absolute atomic E-state index is 10.3. The molecule has 2 atom stereocenters. The fraction of sp³-hybridized carbons (Fsp3) is 0.643. The van der Waals surface area contributed by atoms with Gasteiger partial charge >= 0.3 is 0 Å². The Morgan fingerprint density at radius 1 is 1.58 bits per heavy atom. The summed E-state index contributed by atoms with van der Waals surface area (Å²) in [5, 5.41) is 10.3. The fourth-order valence-corrected chi connectivity index (χ4v) is 2.84. The Morgan fingerprint density at radius 2 is 2.42 bits per heavy atom. The average molecular weight is 329 g/mol. The molecule has 1 aromatic heterocycles. The molecule has 19 heavy (non-hydrogen) atoms. The van der Waals surface area contributed by atoms with E-state index in [0.717, 1.165) is 36.1 Å². The number of morpholine rings is 1. The molecule has 0 radical (unpaired) electrons. The van der Waals surface area contributed by atoms with Crippen molar-refractivity contribution >= 4 is 15.9 Å². The van der Waals surface area contributed by atoms with Crippen LogP contribution in [0.4, 0.5) is 0 Å². The van der Waals surface area contributed by atoms with Gasteiger partial charge < -0.3 is 9.84 Å². The quantitative estimate of drug-likeness (QED) is 0.896. The Morgan fingerprint density at radius 3 is 3.16 bits per heavy atom. The van der Waals surface area contributed by atoms with Crippen LogP contribution in [0, 0.1) is 0 Å². The molecule has 5 heteroatoms. The largest absolute Gasteiger partial charge is 0.390 e. The van der Waals surface area contributed by atoms with E-state index in [9.17, 15) is 5.11 Å². The molecule has 1 N–H and O–H groups in total. The second-order valence-electron chi connectivity index (χ2n) is 4.99. The van der Waals surface area contributed by atoms with E-state index in [1.54, 1.807) is 12.4 Å². The SMILES string of the molecule is CCCN1CCOC(C(O)Cc2cncc(Br)c2)C1. The lowest BCUT2D eigenvalue weighted by molar-refractivity contribution is -0.0877. The molecular weight excluding hydrogens is 308 g/mol. The van der Waals surface area contributed by atoms with E-state index >= 15 is 0 Å². The first kappa shape index (κ1) is 14.9. The summed E-state index contributed by atoms with van der Waals surface area (Å²) in [5.41, 5.74) is 1.03. The maximum Gasteiger partial charge on any atom is 0.0964 e. The zero-order chi connectivity index (χ0) is 13.7. The standard InChI is InChI=1S/C14H21BrN2O2/c1-2-3-17-4-5-19-14(10-17)13(18)7-11-6-12(15)9-16-8-11/h6,8-9,13-14,18H,2-5,7,10H2,1H3. The van der Waals surface area contributed by atoms with E-state index in [-0.39, 0.29) is 6.10 Å². The van der Waals surface area contributed by atoms with Crippen LogP contribution in [0.15, 0.2) is 22.9 Å². The third-order valence-corrected chi connectivity index (χ3v) is 3.79. The monoisotopic (exact) mass is 328 g/mol. The summed E-state index contributed by atoms with van der Waals surface area (Å²) in [5.74, 6) is 0. The van der Waals surface area contributed by atoms with Gasteiger partial charge in [0.2, 0.25) is 0 Å². The van der Waals surface area contributed by atoms with Gasteiger partial charge in [0.05, 0.1) is 18.8 Å². The van der Waals surface area contributed by atoms with E-state index in [4.69, 9.17) is 4.74 Å². The molecule has 1 aromatic rings. The van der Waals surface area contributed by atoms with Crippen LogP contribution in [0.3, 0.4) is 0 Å². The summed E-state index contributed by atoms with van der Waals surface area (Å²) < 4.78 is 6.63. The smallest absolute Gasteiger partial charge is 0.0964 e. The van der Waals surface area contributed by atoms with E-state index in [0.29, 0.717) is 13.0 Å². The van der Waals surface area contributed by atoms with E-state index in [1.165, 1.54) is 0 Å². The number of aliphatic hydroxyl groups excluding tert-OH is 1. The minimum absolute atomic E-state index is 0.0979. The summed E-state index contributed by atoms with van der Waals surface area (Å²) in [6, 6.07) is 1.99. The molecular formula is C14H21BrN2O2. The minimum Gasteiger partial charge on any atom is -0.390 e. The van der Waals surface area contributed by atoms with Crippen molar-refractivity contribution in [3.05, 3.63) is 28.5 Å². The van der Waals surface area contributed by atoms with Crippen molar-refractivity contribution in [3.63, 3.8) is 0 Å². The third-order valence-electron chi connectivity index (χ3n) is 3.35. The molecule has 0 amide bonds. The molecule has 1 saturated heterocycles. The van der Waals surface area contributed by atoms with Crippen LogP contribution in [-0.4, -0.2) is 53.4 Å². The van der Waals surface area contributed by atoms with Crippen LogP contribution in [0.1, 0.15) is 18.9 Å². The molecule has 2 unspecified atom stereocenters. The highest BCUT2D eigenvalue weighted by Crippen LogP contribution is 2.16. The van der Waals surface area contributed by atoms with Gasteiger partial charge in [0.25, 0.3) is 0 Å². The molecule has 1 aliphatic rings. The minimum atomic E-state index is -0.476. The highest BCUT2D eigenvalue weighted by atomic mass is 79.9. The van der Waals surface area contributed by atoms with Crippen LogP contribution in [0.25, 0.3) is 0 Å². The number of halogens is 1. The first-order chi connectivity index (χ1) is 9.19. The Balaban J connectivity index is 1.90. The highest BCUT2D eigenvalue weighted by Gasteiger charge is 2.26. The van der Waals surface area contributed by atoms with Crippen molar-refractivity contribution in [3.8, 4) is 0 Å². The van der Waals surface area contributed by atoms with Gasteiger partial charge in [0.1, 0.15) is 0 Å². The van der Waals surface area contributed by atoms with Gasteiger partial charge in [0, 0.05) is 36.4 Å². The first-order valence-corrected chi connectivity index (χ1v) is 7.59. The maximum atomic E-state index is 10.3. The number of ether oxygens (including phenoxy) is 1. The second-order valence-corrected chi connectivity index (χ2v) is 5.91. The molecule has 0 saturated carbocycles. The molecule has 106 valence electrons. The third kappa shape index (κ3) is 4.53. The summed E-state index contributed by atoms with van der Waals surface area (Å²) in [4.78, 5) is 6.48. The number of hydrogen-bond acceptors (Lipinski definition) is 4. The van der Waals surface area contributed by atoms with E-state index < -0.39 is 6.10 Å². The van der Waals surface area contributed by atoms with E-state index in [2.05, 4.69) is 32.7 Å². The summed E-state index contributed by atoms with van der Waals surface area (Å²) in [7, 11) is 0. The molecule has 1 aliphatic heterocycles. The molecule has 0 spiro atoms. The fourth-order valence-electron chi connectivity index (χ4n) is 2.42. The number of aromatic nitrogens is 1. The Bertz CT molecular complexity index is 401. The number of rotatable bonds is 5. The average Bonchev–Trinajstić information content (AvgIpc) is 2.39. The van der Waals surface area contributed by atoms with Crippen LogP contribution in [0.2, 0.25) is 0 Å². The van der Waals surface area contributed by atoms with Crippen molar-refractivity contribution in [1.29, 1.82) is 0 Å². The van der Waals surface area contributed by atoms with Gasteiger partial charge in [-0.25, -0.2) is 0 Å². The molecule has 0 bridgehead atoms. The Kier molecular flexibility index (Phi) is 5.76. The molecule has 1 fully saturated rings. The number of hydrogen-bond donors (Lipinski definition) is 1. The van der Waals surface area contributed by atoms with Crippen LogP contribution < -0.4 is 0 Å². The van der Waals surface area contributed by atoms with Gasteiger partial charge in [-0.05, 0) is 40.5 Å². The van der Waals surface area contributed by atoms with Crippen LogP contribution >= 0.6 is 15.9 Å². The zero-order valence-corrected chi connectivity index (χ0v) is 12.8. The molecule has 0 aliphatic carbocycles. The zero-order valence-electron chi connectivity index (χ0n) is 11.3.